The van der Waals surface area contributed by atoms with E-state index in [1.807, 2.05) is 48.5 Å². The number of benzene rings is 3. The SMILES string of the molecule is CC(C)(C)c1cc(-c2cccc(-c3nc(F)cc4ccccc34)c2)c(O)c(C(C)(C)C)c1. The highest BCUT2D eigenvalue weighted by Crippen LogP contribution is 2.43. The Hall–Kier alpha value is -3.20. The maximum atomic E-state index is 14.3. The second kappa shape index (κ2) is 7.74. The monoisotopic (exact) mass is 427 g/mol. The van der Waals surface area contributed by atoms with Gasteiger partial charge in [-0.15, -0.1) is 0 Å². The molecule has 2 nitrogen and oxygen atoms in total. The highest BCUT2D eigenvalue weighted by atomic mass is 19.1. The lowest BCUT2D eigenvalue weighted by atomic mass is 9.78. The van der Waals surface area contributed by atoms with E-state index in [0.717, 1.165) is 38.6 Å². The molecule has 4 rings (SSSR count). The molecule has 0 unspecified atom stereocenters. The molecule has 0 bridgehead atoms. The Morgan fingerprint density at radius 3 is 2.12 bits per heavy atom. The summed E-state index contributed by atoms with van der Waals surface area (Å²) < 4.78 is 14.3. The van der Waals surface area contributed by atoms with Gasteiger partial charge >= 0.3 is 0 Å². The van der Waals surface area contributed by atoms with Crippen LogP contribution < -0.4 is 0 Å². The molecule has 3 aromatic carbocycles. The van der Waals surface area contributed by atoms with Crippen LogP contribution in [0.15, 0.2) is 66.7 Å². The van der Waals surface area contributed by atoms with Crippen LogP contribution in [-0.4, -0.2) is 10.1 Å². The smallest absolute Gasteiger partial charge is 0.214 e. The normalized spacial score (nSPS) is 12.3. The van der Waals surface area contributed by atoms with E-state index >= 15 is 0 Å². The van der Waals surface area contributed by atoms with Crippen LogP contribution in [0.2, 0.25) is 0 Å². The van der Waals surface area contributed by atoms with Gasteiger partial charge < -0.3 is 5.11 Å². The van der Waals surface area contributed by atoms with Crippen molar-refractivity contribution in [1.82, 2.24) is 4.98 Å². The number of hydrogen-bond donors (Lipinski definition) is 1. The van der Waals surface area contributed by atoms with E-state index in [2.05, 4.69) is 58.7 Å². The van der Waals surface area contributed by atoms with Gasteiger partial charge in [-0.2, -0.15) is 4.39 Å². The quantitative estimate of drug-likeness (QED) is 0.329. The molecule has 4 aromatic rings. The molecule has 1 N–H and O–H groups in total. The molecule has 0 atom stereocenters. The third kappa shape index (κ3) is 4.12. The first-order valence-electron chi connectivity index (χ1n) is 11.0. The van der Waals surface area contributed by atoms with E-state index in [9.17, 15) is 9.50 Å². The van der Waals surface area contributed by atoms with E-state index in [4.69, 9.17) is 0 Å². The van der Waals surface area contributed by atoms with E-state index in [-0.39, 0.29) is 10.8 Å². The third-order valence-corrected chi connectivity index (χ3v) is 5.94. The summed E-state index contributed by atoms with van der Waals surface area (Å²) >= 11 is 0. The van der Waals surface area contributed by atoms with Gasteiger partial charge in [0.25, 0.3) is 0 Å². The first-order valence-corrected chi connectivity index (χ1v) is 11.0. The fourth-order valence-corrected chi connectivity index (χ4v) is 4.08. The van der Waals surface area contributed by atoms with E-state index < -0.39 is 5.95 Å². The van der Waals surface area contributed by atoms with Gasteiger partial charge in [-0.3, -0.25) is 0 Å². The molecule has 0 amide bonds. The van der Waals surface area contributed by atoms with Gasteiger partial charge in [0.15, 0.2) is 0 Å². The minimum atomic E-state index is -0.503. The topological polar surface area (TPSA) is 33.1 Å². The summed E-state index contributed by atoms with van der Waals surface area (Å²) in [5.74, 6) is -0.212. The maximum Gasteiger partial charge on any atom is 0.214 e. The molecular formula is C29H30FNO. The number of aromatic hydroxyl groups is 1. The highest BCUT2D eigenvalue weighted by Gasteiger charge is 2.25. The molecule has 0 aliphatic heterocycles. The van der Waals surface area contributed by atoms with Gasteiger partial charge in [-0.1, -0.05) is 90.1 Å². The summed E-state index contributed by atoms with van der Waals surface area (Å²) in [5.41, 5.74) is 4.88. The van der Waals surface area contributed by atoms with Gasteiger partial charge in [-0.05, 0) is 39.5 Å². The van der Waals surface area contributed by atoms with Crippen LogP contribution in [0.25, 0.3) is 33.2 Å². The second-order valence-corrected chi connectivity index (χ2v) is 10.5. The molecule has 0 aliphatic rings. The van der Waals surface area contributed by atoms with Crippen molar-refractivity contribution in [3.63, 3.8) is 0 Å². The van der Waals surface area contributed by atoms with Gasteiger partial charge in [-0.25, -0.2) is 4.98 Å². The lowest BCUT2D eigenvalue weighted by Crippen LogP contribution is -2.17. The number of pyridine rings is 1. The number of halogens is 1. The average molecular weight is 428 g/mol. The van der Waals surface area contributed by atoms with Crippen LogP contribution in [-0.2, 0) is 10.8 Å². The summed E-state index contributed by atoms with van der Waals surface area (Å²) in [6.45, 7) is 12.9. The Labute approximate surface area is 189 Å². The molecule has 1 heterocycles. The number of hydrogen-bond acceptors (Lipinski definition) is 2. The Bertz CT molecular complexity index is 1310. The van der Waals surface area contributed by atoms with E-state index in [1.54, 1.807) is 0 Å². The van der Waals surface area contributed by atoms with Crippen LogP contribution >= 0.6 is 0 Å². The standard InChI is InChI=1S/C29H30FNO/c1-28(2,3)21-16-23(27(32)24(17-21)29(4,5)6)18-11-9-12-20(14-18)26-22-13-8-7-10-19(22)15-25(30)31-26/h7-17,32H,1-6H3. The van der Waals surface area contributed by atoms with Crippen molar-refractivity contribution >= 4 is 10.8 Å². The fourth-order valence-electron chi connectivity index (χ4n) is 4.08. The summed E-state index contributed by atoms with van der Waals surface area (Å²) in [6, 6.07) is 21.2. The predicted molar refractivity (Wildman–Crippen MR) is 132 cm³/mol. The average Bonchev–Trinajstić information content (AvgIpc) is 2.71. The molecule has 164 valence electrons. The van der Waals surface area contributed by atoms with Crippen molar-refractivity contribution in [2.75, 3.05) is 0 Å². The molecule has 32 heavy (non-hydrogen) atoms. The second-order valence-electron chi connectivity index (χ2n) is 10.5. The van der Waals surface area contributed by atoms with Crippen molar-refractivity contribution in [3.05, 3.63) is 83.8 Å². The van der Waals surface area contributed by atoms with Crippen molar-refractivity contribution in [3.8, 4) is 28.1 Å². The largest absolute Gasteiger partial charge is 0.507 e. The highest BCUT2D eigenvalue weighted by molar-refractivity contribution is 5.95. The number of rotatable bonds is 2. The minimum absolute atomic E-state index is 0.0691. The molecule has 0 aliphatic carbocycles. The molecule has 0 radical (unpaired) electrons. The molecular weight excluding hydrogens is 397 g/mol. The molecule has 1 aromatic heterocycles. The Kier molecular flexibility index (Phi) is 5.32. The number of phenols is 1. The van der Waals surface area contributed by atoms with Gasteiger partial charge in [0, 0.05) is 28.1 Å². The lowest BCUT2D eigenvalue weighted by Gasteiger charge is -2.27. The summed E-state index contributed by atoms with van der Waals surface area (Å²) in [5, 5.41) is 13.0. The van der Waals surface area contributed by atoms with Crippen molar-refractivity contribution < 1.29 is 9.50 Å². The number of phenolic OH excluding ortho intramolecular Hbond substituents is 1. The van der Waals surface area contributed by atoms with Crippen molar-refractivity contribution in [2.45, 2.75) is 52.4 Å². The molecule has 0 saturated carbocycles. The van der Waals surface area contributed by atoms with E-state index in [0.29, 0.717) is 11.4 Å². The van der Waals surface area contributed by atoms with Crippen molar-refractivity contribution in [2.24, 2.45) is 0 Å². The van der Waals surface area contributed by atoms with Crippen LogP contribution in [0.3, 0.4) is 0 Å². The van der Waals surface area contributed by atoms with Crippen molar-refractivity contribution in [1.29, 1.82) is 0 Å². The van der Waals surface area contributed by atoms with Crippen LogP contribution in [0.5, 0.6) is 5.75 Å². The van der Waals surface area contributed by atoms with Gasteiger partial charge in [0.2, 0.25) is 5.95 Å². The van der Waals surface area contributed by atoms with Crippen LogP contribution in [0.4, 0.5) is 4.39 Å². The number of nitrogens with zero attached hydrogens (tertiary/aromatic N) is 1. The zero-order valence-electron chi connectivity index (χ0n) is 19.6. The lowest BCUT2D eigenvalue weighted by molar-refractivity contribution is 0.446. The predicted octanol–water partition coefficient (Wildman–Crippen LogP) is 8.01. The fraction of sp³-hybridized carbons (Fsp3) is 0.276. The summed E-state index contributed by atoms with van der Waals surface area (Å²) in [6.07, 6.45) is 0. The maximum absolute atomic E-state index is 14.3. The molecule has 0 spiro atoms. The van der Waals surface area contributed by atoms with Crippen LogP contribution in [0, 0.1) is 5.95 Å². The first kappa shape index (κ1) is 22.0. The minimum Gasteiger partial charge on any atom is -0.507 e. The van der Waals surface area contributed by atoms with E-state index in [1.165, 1.54) is 6.07 Å². The van der Waals surface area contributed by atoms with Gasteiger partial charge in [0.1, 0.15) is 5.75 Å². The van der Waals surface area contributed by atoms with Crippen LogP contribution in [0.1, 0.15) is 52.7 Å². The Morgan fingerprint density at radius 2 is 1.44 bits per heavy atom. The summed E-state index contributed by atoms with van der Waals surface area (Å²) in [4.78, 5) is 4.21. The Morgan fingerprint density at radius 1 is 0.750 bits per heavy atom. The number of aromatic nitrogens is 1. The summed E-state index contributed by atoms with van der Waals surface area (Å²) in [7, 11) is 0. The zero-order chi connectivity index (χ0) is 23.3. The van der Waals surface area contributed by atoms with Gasteiger partial charge in [0.05, 0.1) is 5.69 Å². The number of fused-ring (bicyclic) bond motifs is 1. The third-order valence-electron chi connectivity index (χ3n) is 5.94. The molecule has 0 fully saturated rings. The zero-order valence-corrected chi connectivity index (χ0v) is 19.6. The molecule has 0 saturated heterocycles. The Balaban J connectivity index is 1.96. The molecule has 3 heteroatoms. The first-order chi connectivity index (χ1) is 14.9.